The van der Waals surface area contributed by atoms with Crippen molar-refractivity contribution in [3.05, 3.63) is 105 Å². The van der Waals surface area contributed by atoms with Crippen LogP contribution in [0.25, 0.3) is 6.08 Å². The fourth-order valence-electron chi connectivity index (χ4n) is 2.80. The van der Waals surface area contributed by atoms with Crippen molar-refractivity contribution in [2.45, 2.75) is 13.8 Å². The summed E-state index contributed by atoms with van der Waals surface area (Å²) in [5, 5.41) is 5.46. The van der Waals surface area contributed by atoms with Gasteiger partial charge in [0.25, 0.3) is 11.8 Å². The second kappa shape index (κ2) is 10.00. The standard InChI is InChI=1S/C25H21BrN2O3/c1-16-6-10-19(11-7-16)24(30)28-23(14-18-8-12-21(26)13-9-18)25(31)27-22-5-3-4-20(15-22)17(2)29/h3-15H,1-2H3,(H,27,31)(H,28,30). The van der Waals surface area contributed by atoms with E-state index in [2.05, 4.69) is 26.6 Å². The third-order valence-corrected chi connectivity index (χ3v) is 5.04. The number of amides is 2. The molecule has 0 saturated carbocycles. The fourth-order valence-corrected chi connectivity index (χ4v) is 3.06. The molecule has 0 atom stereocenters. The smallest absolute Gasteiger partial charge is 0.272 e. The largest absolute Gasteiger partial charge is 0.321 e. The van der Waals surface area contributed by atoms with Gasteiger partial charge in [0.2, 0.25) is 0 Å². The highest BCUT2D eigenvalue weighted by molar-refractivity contribution is 9.10. The summed E-state index contributed by atoms with van der Waals surface area (Å²) in [6.45, 7) is 3.39. The highest BCUT2D eigenvalue weighted by atomic mass is 79.9. The molecule has 31 heavy (non-hydrogen) atoms. The van der Waals surface area contributed by atoms with Crippen molar-refractivity contribution in [2.75, 3.05) is 5.32 Å². The first kappa shape index (κ1) is 22.2. The molecule has 0 unspecified atom stereocenters. The molecule has 0 bridgehead atoms. The Bertz CT molecular complexity index is 1150. The highest BCUT2D eigenvalue weighted by Gasteiger charge is 2.15. The number of halogens is 1. The van der Waals surface area contributed by atoms with Crippen molar-refractivity contribution in [1.29, 1.82) is 0 Å². The molecule has 0 aliphatic rings. The number of anilines is 1. The minimum Gasteiger partial charge on any atom is -0.321 e. The zero-order valence-electron chi connectivity index (χ0n) is 17.1. The van der Waals surface area contributed by atoms with Crippen molar-refractivity contribution in [2.24, 2.45) is 0 Å². The number of carbonyl (C=O) groups excluding carboxylic acids is 3. The SMILES string of the molecule is CC(=O)c1cccc(NC(=O)C(=Cc2ccc(Br)cc2)NC(=O)c2ccc(C)cc2)c1. The van der Waals surface area contributed by atoms with Crippen LogP contribution in [0.15, 0.2) is 83.0 Å². The molecule has 156 valence electrons. The molecule has 0 spiro atoms. The lowest BCUT2D eigenvalue weighted by molar-refractivity contribution is -0.113. The van der Waals surface area contributed by atoms with Gasteiger partial charge in [-0.3, -0.25) is 14.4 Å². The second-order valence-electron chi connectivity index (χ2n) is 7.02. The summed E-state index contributed by atoms with van der Waals surface area (Å²) < 4.78 is 0.903. The monoisotopic (exact) mass is 476 g/mol. The van der Waals surface area contributed by atoms with Gasteiger partial charge in [0.05, 0.1) is 0 Å². The van der Waals surface area contributed by atoms with E-state index in [4.69, 9.17) is 0 Å². The average Bonchev–Trinajstić information content (AvgIpc) is 2.75. The molecular formula is C25H21BrN2O3. The summed E-state index contributed by atoms with van der Waals surface area (Å²) >= 11 is 3.38. The third-order valence-electron chi connectivity index (χ3n) is 4.51. The quantitative estimate of drug-likeness (QED) is 0.370. The Labute approximate surface area is 189 Å². The zero-order valence-corrected chi connectivity index (χ0v) is 18.7. The van der Waals surface area contributed by atoms with Gasteiger partial charge in [0, 0.05) is 21.3 Å². The molecule has 2 amide bonds. The summed E-state index contributed by atoms with van der Waals surface area (Å²) in [6, 6.07) is 21.1. The number of carbonyl (C=O) groups is 3. The van der Waals surface area contributed by atoms with E-state index < -0.39 is 11.8 Å². The average molecular weight is 477 g/mol. The predicted molar refractivity (Wildman–Crippen MR) is 126 cm³/mol. The molecular weight excluding hydrogens is 456 g/mol. The third kappa shape index (κ3) is 6.23. The molecule has 3 rings (SSSR count). The molecule has 6 heteroatoms. The molecule has 0 aliphatic carbocycles. The van der Waals surface area contributed by atoms with E-state index in [0.29, 0.717) is 16.8 Å². The number of rotatable bonds is 6. The molecule has 0 aromatic heterocycles. The number of nitrogens with one attached hydrogen (secondary N) is 2. The van der Waals surface area contributed by atoms with Gasteiger partial charge in [-0.2, -0.15) is 0 Å². The lowest BCUT2D eigenvalue weighted by Crippen LogP contribution is -2.30. The van der Waals surface area contributed by atoms with Gasteiger partial charge in [-0.15, -0.1) is 0 Å². The van der Waals surface area contributed by atoms with Crippen LogP contribution in [0.2, 0.25) is 0 Å². The van der Waals surface area contributed by atoms with E-state index in [1.807, 2.05) is 43.3 Å². The van der Waals surface area contributed by atoms with Crippen LogP contribution in [0.4, 0.5) is 5.69 Å². The van der Waals surface area contributed by atoms with Gasteiger partial charge >= 0.3 is 0 Å². The van der Waals surface area contributed by atoms with Crippen LogP contribution in [0.1, 0.15) is 38.8 Å². The second-order valence-corrected chi connectivity index (χ2v) is 7.94. The lowest BCUT2D eigenvalue weighted by Gasteiger charge is -2.12. The first-order chi connectivity index (χ1) is 14.8. The first-order valence-corrected chi connectivity index (χ1v) is 10.4. The van der Waals surface area contributed by atoms with E-state index in [0.717, 1.165) is 15.6 Å². The van der Waals surface area contributed by atoms with Gasteiger partial charge in [-0.1, -0.05) is 57.9 Å². The minimum atomic E-state index is -0.496. The topological polar surface area (TPSA) is 75.3 Å². The van der Waals surface area contributed by atoms with Crippen molar-refractivity contribution >= 4 is 45.3 Å². The molecule has 0 saturated heterocycles. The Morgan fingerprint density at radius 2 is 1.55 bits per heavy atom. The van der Waals surface area contributed by atoms with Gasteiger partial charge in [0.15, 0.2) is 5.78 Å². The maximum absolute atomic E-state index is 13.0. The first-order valence-electron chi connectivity index (χ1n) is 9.59. The number of aryl methyl sites for hydroxylation is 1. The molecule has 0 fully saturated rings. The Morgan fingerprint density at radius 3 is 2.19 bits per heavy atom. The number of hydrogen-bond acceptors (Lipinski definition) is 3. The normalized spacial score (nSPS) is 11.0. The number of hydrogen-bond donors (Lipinski definition) is 2. The van der Waals surface area contributed by atoms with Crippen molar-refractivity contribution in [3.8, 4) is 0 Å². The summed E-state index contributed by atoms with van der Waals surface area (Å²) in [7, 11) is 0. The van der Waals surface area contributed by atoms with Gasteiger partial charge in [-0.25, -0.2) is 0 Å². The van der Waals surface area contributed by atoms with E-state index in [-0.39, 0.29) is 11.5 Å². The van der Waals surface area contributed by atoms with Crippen molar-refractivity contribution in [1.82, 2.24) is 5.32 Å². The maximum atomic E-state index is 13.0. The van der Waals surface area contributed by atoms with Crippen LogP contribution < -0.4 is 10.6 Å². The van der Waals surface area contributed by atoms with Crippen LogP contribution in [0.3, 0.4) is 0 Å². The van der Waals surface area contributed by atoms with Gasteiger partial charge in [0.1, 0.15) is 5.70 Å². The van der Waals surface area contributed by atoms with Gasteiger partial charge in [-0.05, 0) is 61.9 Å². The van der Waals surface area contributed by atoms with Gasteiger partial charge < -0.3 is 10.6 Å². The number of Topliss-reactive ketones (excluding diaryl/α,β-unsaturated/α-hetero) is 1. The number of benzene rings is 3. The number of ketones is 1. The molecule has 5 nitrogen and oxygen atoms in total. The Morgan fingerprint density at radius 1 is 0.871 bits per heavy atom. The summed E-state index contributed by atoms with van der Waals surface area (Å²) in [5.41, 5.74) is 3.25. The van der Waals surface area contributed by atoms with Crippen LogP contribution in [0.5, 0.6) is 0 Å². The van der Waals surface area contributed by atoms with Crippen LogP contribution in [0, 0.1) is 6.92 Å². The van der Waals surface area contributed by atoms with E-state index in [9.17, 15) is 14.4 Å². The molecule has 2 N–H and O–H groups in total. The Hall–Kier alpha value is -3.51. The molecule has 3 aromatic rings. The van der Waals surface area contributed by atoms with Crippen LogP contribution in [-0.2, 0) is 4.79 Å². The lowest BCUT2D eigenvalue weighted by atomic mass is 10.1. The summed E-state index contributed by atoms with van der Waals surface area (Å²) in [5.74, 6) is -0.991. The minimum absolute atomic E-state index is 0.0844. The molecule has 3 aromatic carbocycles. The van der Waals surface area contributed by atoms with Crippen molar-refractivity contribution < 1.29 is 14.4 Å². The molecule has 0 radical (unpaired) electrons. The Balaban J connectivity index is 1.89. The fraction of sp³-hybridized carbons (Fsp3) is 0.0800. The van der Waals surface area contributed by atoms with E-state index in [1.54, 1.807) is 42.5 Å². The van der Waals surface area contributed by atoms with Crippen LogP contribution >= 0.6 is 15.9 Å². The highest BCUT2D eigenvalue weighted by Crippen LogP contribution is 2.16. The summed E-state index contributed by atoms with van der Waals surface area (Å²) in [4.78, 5) is 37.4. The van der Waals surface area contributed by atoms with Crippen LogP contribution in [-0.4, -0.2) is 17.6 Å². The molecule has 0 heterocycles. The summed E-state index contributed by atoms with van der Waals surface area (Å²) in [6.07, 6.45) is 1.60. The zero-order chi connectivity index (χ0) is 22.4. The van der Waals surface area contributed by atoms with Crippen molar-refractivity contribution in [3.63, 3.8) is 0 Å². The predicted octanol–water partition coefficient (Wildman–Crippen LogP) is 5.37. The van der Waals surface area contributed by atoms with E-state index in [1.165, 1.54) is 6.92 Å². The molecule has 0 aliphatic heterocycles. The maximum Gasteiger partial charge on any atom is 0.272 e. The Kier molecular flexibility index (Phi) is 7.15. The van der Waals surface area contributed by atoms with E-state index >= 15 is 0 Å².